The summed E-state index contributed by atoms with van der Waals surface area (Å²) in [6.07, 6.45) is 0.642. The Hall–Kier alpha value is -1.70. The number of amides is 1. The normalized spacial score (nSPS) is 17.0. The summed E-state index contributed by atoms with van der Waals surface area (Å²) in [5, 5.41) is 1.87. The molecule has 1 aromatic heterocycles. The number of carbonyl (C=O) groups excluding carboxylic acids is 1. The predicted molar refractivity (Wildman–Crippen MR) is 90.0 cm³/mol. The van der Waals surface area contributed by atoms with Crippen molar-refractivity contribution in [1.82, 2.24) is 9.21 Å². The van der Waals surface area contributed by atoms with E-state index in [-0.39, 0.29) is 5.91 Å². The average Bonchev–Trinajstić information content (AvgIpc) is 2.99. The molecular weight excluding hydrogens is 332 g/mol. The van der Waals surface area contributed by atoms with E-state index in [9.17, 15) is 13.2 Å². The highest BCUT2D eigenvalue weighted by Gasteiger charge is 2.28. The lowest BCUT2D eigenvalue weighted by Crippen LogP contribution is -2.37. The minimum atomic E-state index is -3.49. The van der Waals surface area contributed by atoms with Gasteiger partial charge in [0.25, 0.3) is 5.91 Å². The molecule has 122 valence electrons. The Kier molecular flexibility index (Phi) is 4.79. The summed E-state index contributed by atoms with van der Waals surface area (Å²) in [7, 11) is -3.49. The summed E-state index contributed by atoms with van der Waals surface area (Å²) in [4.78, 5) is 15.2. The molecule has 0 spiro atoms. The molecule has 1 aromatic carbocycles. The van der Waals surface area contributed by atoms with Gasteiger partial charge in [0.05, 0.1) is 9.77 Å². The van der Waals surface area contributed by atoms with Crippen LogP contribution >= 0.6 is 11.3 Å². The Balaban J connectivity index is 1.73. The number of benzene rings is 1. The van der Waals surface area contributed by atoms with Crippen molar-refractivity contribution in [3.63, 3.8) is 0 Å². The van der Waals surface area contributed by atoms with Crippen LogP contribution in [0.4, 0.5) is 0 Å². The Morgan fingerprint density at radius 2 is 1.74 bits per heavy atom. The number of carbonyl (C=O) groups is 1. The van der Waals surface area contributed by atoms with Crippen LogP contribution in [0.3, 0.4) is 0 Å². The Labute approximate surface area is 140 Å². The minimum Gasteiger partial charge on any atom is -0.337 e. The fourth-order valence-corrected chi connectivity index (χ4v) is 4.82. The molecule has 2 heterocycles. The zero-order valence-corrected chi connectivity index (χ0v) is 14.2. The van der Waals surface area contributed by atoms with Crippen LogP contribution in [-0.2, 0) is 10.0 Å². The van der Waals surface area contributed by atoms with Gasteiger partial charge in [-0.3, -0.25) is 4.79 Å². The summed E-state index contributed by atoms with van der Waals surface area (Å²) >= 11 is 1.41. The maximum Gasteiger partial charge on any atom is 0.263 e. The molecule has 3 rings (SSSR count). The van der Waals surface area contributed by atoms with Gasteiger partial charge in [0.2, 0.25) is 10.0 Å². The molecule has 0 saturated carbocycles. The molecular formula is C16H18N2O3S2. The van der Waals surface area contributed by atoms with E-state index in [0.717, 1.165) is 0 Å². The first-order valence-electron chi connectivity index (χ1n) is 7.47. The molecule has 5 nitrogen and oxygen atoms in total. The molecule has 0 aliphatic carbocycles. The maximum atomic E-state index is 12.7. The highest BCUT2D eigenvalue weighted by Crippen LogP contribution is 2.19. The summed E-state index contributed by atoms with van der Waals surface area (Å²) in [5.74, 6) is -0.0149. The second kappa shape index (κ2) is 6.82. The first-order valence-corrected chi connectivity index (χ1v) is 9.79. The van der Waals surface area contributed by atoms with Crippen molar-refractivity contribution in [2.75, 3.05) is 26.2 Å². The Bertz CT molecular complexity index is 758. The zero-order valence-electron chi connectivity index (χ0n) is 12.6. The van der Waals surface area contributed by atoms with Gasteiger partial charge in [-0.1, -0.05) is 24.3 Å². The second-order valence-corrected chi connectivity index (χ2v) is 8.23. The monoisotopic (exact) mass is 350 g/mol. The van der Waals surface area contributed by atoms with E-state index < -0.39 is 10.0 Å². The Morgan fingerprint density at radius 1 is 0.957 bits per heavy atom. The summed E-state index contributed by atoms with van der Waals surface area (Å²) < 4.78 is 26.8. The number of hydrogen-bond donors (Lipinski definition) is 0. The molecule has 2 aromatic rings. The average molecular weight is 350 g/mol. The van der Waals surface area contributed by atoms with E-state index in [1.54, 1.807) is 41.3 Å². The van der Waals surface area contributed by atoms with Crippen molar-refractivity contribution in [1.29, 1.82) is 0 Å². The molecule has 0 unspecified atom stereocenters. The third kappa shape index (κ3) is 3.46. The maximum absolute atomic E-state index is 12.7. The van der Waals surface area contributed by atoms with Crippen LogP contribution in [0.15, 0.2) is 52.7 Å². The number of sulfonamides is 1. The van der Waals surface area contributed by atoms with Gasteiger partial charge in [-0.25, -0.2) is 8.42 Å². The third-order valence-electron chi connectivity index (χ3n) is 3.86. The van der Waals surface area contributed by atoms with E-state index in [0.29, 0.717) is 42.4 Å². The van der Waals surface area contributed by atoms with Gasteiger partial charge in [0.1, 0.15) is 0 Å². The summed E-state index contributed by atoms with van der Waals surface area (Å²) in [5.41, 5.74) is 0. The standard InChI is InChI=1S/C16H18N2O3S2/c19-16(15-8-4-13-22-15)17-9-5-10-18(12-11-17)23(20,21)14-6-2-1-3-7-14/h1-4,6-8,13H,5,9-12H2. The highest BCUT2D eigenvalue weighted by molar-refractivity contribution is 7.89. The van der Waals surface area contributed by atoms with E-state index in [2.05, 4.69) is 0 Å². The molecule has 1 amide bonds. The molecule has 7 heteroatoms. The van der Waals surface area contributed by atoms with Crippen LogP contribution in [-0.4, -0.2) is 49.7 Å². The van der Waals surface area contributed by atoms with Crippen molar-refractivity contribution < 1.29 is 13.2 Å². The van der Waals surface area contributed by atoms with E-state index >= 15 is 0 Å². The zero-order chi connectivity index (χ0) is 16.3. The number of thiophene rings is 1. The molecule has 0 bridgehead atoms. The lowest BCUT2D eigenvalue weighted by molar-refractivity contribution is 0.0769. The number of rotatable bonds is 3. The van der Waals surface area contributed by atoms with Crippen LogP contribution < -0.4 is 0 Å². The predicted octanol–water partition coefficient (Wildman–Crippen LogP) is 2.28. The van der Waals surface area contributed by atoms with E-state index in [1.165, 1.54) is 15.6 Å². The molecule has 1 saturated heterocycles. The van der Waals surface area contributed by atoms with Crippen LogP contribution in [0.2, 0.25) is 0 Å². The first kappa shape index (κ1) is 16.2. The number of hydrogen-bond acceptors (Lipinski definition) is 4. The molecule has 1 aliphatic heterocycles. The quantitative estimate of drug-likeness (QED) is 0.853. The largest absolute Gasteiger partial charge is 0.337 e. The highest BCUT2D eigenvalue weighted by atomic mass is 32.2. The van der Waals surface area contributed by atoms with Gasteiger partial charge in [0.15, 0.2) is 0 Å². The molecule has 23 heavy (non-hydrogen) atoms. The molecule has 0 atom stereocenters. The lowest BCUT2D eigenvalue weighted by atomic mass is 10.3. The van der Waals surface area contributed by atoms with Crippen molar-refractivity contribution in [2.24, 2.45) is 0 Å². The summed E-state index contributed by atoms with van der Waals surface area (Å²) in [6, 6.07) is 12.1. The van der Waals surface area contributed by atoms with Crippen molar-refractivity contribution in [3.8, 4) is 0 Å². The van der Waals surface area contributed by atoms with Gasteiger partial charge in [-0.2, -0.15) is 4.31 Å². The third-order valence-corrected chi connectivity index (χ3v) is 6.63. The van der Waals surface area contributed by atoms with Crippen molar-refractivity contribution >= 4 is 27.3 Å². The van der Waals surface area contributed by atoms with Crippen LogP contribution in [0, 0.1) is 0 Å². The van der Waals surface area contributed by atoms with Crippen LogP contribution in [0.25, 0.3) is 0 Å². The van der Waals surface area contributed by atoms with E-state index in [1.807, 2.05) is 11.4 Å². The lowest BCUT2D eigenvalue weighted by Gasteiger charge is -2.21. The Morgan fingerprint density at radius 3 is 2.43 bits per heavy atom. The van der Waals surface area contributed by atoms with Crippen LogP contribution in [0.1, 0.15) is 16.1 Å². The van der Waals surface area contributed by atoms with Gasteiger partial charge >= 0.3 is 0 Å². The number of nitrogens with zero attached hydrogens (tertiary/aromatic N) is 2. The van der Waals surface area contributed by atoms with E-state index in [4.69, 9.17) is 0 Å². The fourth-order valence-electron chi connectivity index (χ4n) is 2.63. The topological polar surface area (TPSA) is 57.7 Å². The molecule has 0 radical (unpaired) electrons. The molecule has 0 N–H and O–H groups in total. The molecule has 1 aliphatic rings. The van der Waals surface area contributed by atoms with Crippen LogP contribution in [0.5, 0.6) is 0 Å². The summed E-state index contributed by atoms with van der Waals surface area (Å²) in [6.45, 7) is 1.76. The fraction of sp³-hybridized carbons (Fsp3) is 0.312. The first-order chi connectivity index (χ1) is 11.1. The second-order valence-electron chi connectivity index (χ2n) is 5.34. The minimum absolute atomic E-state index is 0.0149. The molecule has 1 fully saturated rings. The van der Waals surface area contributed by atoms with Gasteiger partial charge in [-0.15, -0.1) is 11.3 Å². The van der Waals surface area contributed by atoms with Gasteiger partial charge in [0, 0.05) is 26.2 Å². The van der Waals surface area contributed by atoms with Gasteiger partial charge < -0.3 is 4.90 Å². The van der Waals surface area contributed by atoms with Crippen molar-refractivity contribution in [2.45, 2.75) is 11.3 Å². The SMILES string of the molecule is O=C(c1cccs1)N1CCCN(S(=O)(=O)c2ccccc2)CC1. The van der Waals surface area contributed by atoms with Gasteiger partial charge in [-0.05, 0) is 30.0 Å². The smallest absolute Gasteiger partial charge is 0.263 e. The van der Waals surface area contributed by atoms with Crippen molar-refractivity contribution in [3.05, 3.63) is 52.7 Å².